The van der Waals surface area contributed by atoms with Gasteiger partial charge in [-0.15, -0.1) is 0 Å². The van der Waals surface area contributed by atoms with Crippen LogP contribution in [0.1, 0.15) is 36.1 Å². The fraction of sp³-hybridized carbons (Fsp3) is 0.350. The number of para-hydroxylation sites is 1. The van der Waals surface area contributed by atoms with Crippen LogP contribution in [0.5, 0.6) is 0 Å². The zero-order valence-corrected chi connectivity index (χ0v) is 13.9. The van der Waals surface area contributed by atoms with Crippen molar-refractivity contribution in [3.63, 3.8) is 0 Å². The maximum Gasteiger partial charge on any atom is 0.226 e. The van der Waals surface area contributed by atoms with Crippen LogP contribution in [-0.2, 0) is 17.6 Å². The van der Waals surface area contributed by atoms with Gasteiger partial charge < -0.3 is 10.2 Å². The molecule has 1 N–H and O–H groups in total. The van der Waals surface area contributed by atoms with E-state index in [1.807, 2.05) is 26.1 Å². The van der Waals surface area contributed by atoms with E-state index in [4.69, 9.17) is 0 Å². The highest BCUT2D eigenvalue weighted by molar-refractivity contribution is 5.93. The molecule has 23 heavy (non-hydrogen) atoms. The Morgan fingerprint density at radius 2 is 1.91 bits per heavy atom. The molecule has 0 aromatic heterocycles. The van der Waals surface area contributed by atoms with Crippen LogP contribution in [0.4, 0.5) is 5.69 Å². The van der Waals surface area contributed by atoms with Crippen molar-refractivity contribution in [2.75, 3.05) is 18.5 Å². The summed E-state index contributed by atoms with van der Waals surface area (Å²) in [6.45, 7) is 2.91. The second-order valence-corrected chi connectivity index (χ2v) is 6.09. The van der Waals surface area contributed by atoms with Crippen molar-refractivity contribution < 1.29 is 4.79 Å². The number of fused-ring (bicyclic) bond motifs is 1. The first-order chi connectivity index (χ1) is 11.2. The van der Waals surface area contributed by atoms with Crippen LogP contribution in [0.25, 0.3) is 0 Å². The lowest BCUT2D eigenvalue weighted by Crippen LogP contribution is -2.32. The summed E-state index contributed by atoms with van der Waals surface area (Å²) in [4.78, 5) is 13.8. The van der Waals surface area contributed by atoms with Crippen molar-refractivity contribution in [3.8, 4) is 0 Å². The Bertz CT molecular complexity index is 696. The van der Waals surface area contributed by atoms with Gasteiger partial charge in [-0.25, -0.2) is 0 Å². The topological polar surface area (TPSA) is 32.3 Å². The second kappa shape index (κ2) is 6.97. The van der Waals surface area contributed by atoms with Crippen molar-refractivity contribution in [1.29, 1.82) is 0 Å². The van der Waals surface area contributed by atoms with E-state index in [9.17, 15) is 4.79 Å². The van der Waals surface area contributed by atoms with E-state index in [2.05, 4.69) is 41.7 Å². The smallest absolute Gasteiger partial charge is 0.226 e. The molecule has 120 valence electrons. The Morgan fingerprint density at radius 3 is 2.74 bits per heavy atom. The molecule has 0 radical (unpaired) electrons. The van der Waals surface area contributed by atoms with Crippen LogP contribution in [0.3, 0.4) is 0 Å². The van der Waals surface area contributed by atoms with Gasteiger partial charge in [0.2, 0.25) is 5.91 Å². The fourth-order valence-corrected chi connectivity index (χ4v) is 3.38. The van der Waals surface area contributed by atoms with Gasteiger partial charge in [-0.05, 0) is 42.1 Å². The molecule has 2 aromatic carbocycles. The molecule has 1 atom stereocenters. The Labute approximate surface area is 138 Å². The van der Waals surface area contributed by atoms with Gasteiger partial charge in [0.1, 0.15) is 0 Å². The first kappa shape index (κ1) is 15.8. The van der Waals surface area contributed by atoms with Gasteiger partial charge in [0, 0.05) is 25.2 Å². The summed E-state index contributed by atoms with van der Waals surface area (Å²) in [5.41, 5.74) is 5.06. The Balaban J connectivity index is 1.89. The molecule has 1 aliphatic heterocycles. The van der Waals surface area contributed by atoms with Crippen LogP contribution < -0.4 is 10.2 Å². The molecular formula is C20H24N2O. The third-order valence-corrected chi connectivity index (χ3v) is 4.67. The zero-order valence-electron chi connectivity index (χ0n) is 13.9. The largest absolute Gasteiger partial charge is 0.315 e. The van der Waals surface area contributed by atoms with Crippen molar-refractivity contribution >= 4 is 11.6 Å². The highest BCUT2D eigenvalue weighted by Gasteiger charge is 2.21. The first-order valence-corrected chi connectivity index (χ1v) is 8.36. The number of nitrogens with zero attached hydrogens (tertiary/aromatic N) is 1. The number of amides is 1. The minimum atomic E-state index is 0.148. The summed E-state index contributed by atoms with van der Waals surface area (Å²) in [5.74, 6) is 0.148. The predicted molar refractivity (Wildman–Crippen MR) is 94.7 cm³/mol. The van der Waals surface area contributed by atoms with Gasteiger partial charge in [-0.1, -0.05) is 49.4 Å². The van der Waals surface area contributed by atoms with Gasteiger partial charge in [0.05, 0.1) is 0 Å². The lowest BCUT2D eigenvalue weighted by molar-refractivity contribution is -0.118. The molecule has 0 fully saturated rings. The van der Waals surface area contributed by atoms with Crippen LogP contribution >= 0.6 is 0 Å². The van der Waals surface area contributed by atoms with E-state index in [-0.39, 0.29) is 5.91 Å². The van der Waals surface area contributed by atoms with E-state index in [1.165, 1.54) is 16.7 Å². The van der Waals surface area contributed by atoms with Crippen molar-refractivity contribution in [2.45, 2.75) is 32.2 Å². The summed E-state index contributed by atoms with van der Waals surface area (Å²) in [5, 5.41) is 3.63. The monoisotopic (exact) mass is 308 g/mol. The van der Waals surface area contributed by atoms with Crippen LogP contribution in [0, 0.1) is 0 Å². The molecule has 0 aliphatic carbocycles. The molecule has 1 heterocycles. The molecular weight excluding hydrogens is 284 g/mol. The molecule has 1 unspecified atom stereocenters. The first-order valence-electron chi connectivity index (χ1n) is 8.36. The number of carbonyl (C=O) groups excluding carboxylic acids is 1. The number of benzene rings is 2. The average molecular weight is 308 g/mol. The third kappa shape index (κ3) is 3.30. The summed E-state index contributed by atoms with van der Waals surface area (Å²) >= 11 is 0. The number of carbonyl (C=O) groups is 1. The van der Waals surface area contributed by atoms with E-state index in [0.717, 1.165) is 25.1 Å². The number of anilines is 1. The van der Waals surface area contributed by atoms with Crippen LogP contribution in [0.15, 0.2) is 48.5 Å². The van der Waals surface area contributed by atoms with Crippen LogP contribution in [-0.4, -0.2) is 19.5 Å². The van der Waals surface area contributed by atoms with Gasteiger partial charge in [0.15, 0.2) is 0 Å². The molecule has 0 bridgehead atoms. The van der Waals surface area contributed by atoms with Crippen molar-refractivity contribution in [2.24, 2.45) is 0 Å². The lowest BCUT2D eigenvalue weighted by atomic mass is 9.90. The highest BCUT2D eigenvalue weighted by Crippen LogP contribution is 2.29. The minimum absolute atomic E-state index is 0.148. The van der Waals surface area contributed by atoms with Crippen molar-refractivity contribution in [3.05, 3.63) is 65.2 Å². The van der Waals surface area contributed by atoms with E-state index < -0.39 is 0 Å². The summed E-state index contributed by atoms with van der Waals surface area (Å²) in [6.07, 6.45) is 2.51. The molecule has 2 aromatic rings. The molecule has 1 aliphatic rings. The summed E-state index contributed by atoms with van der Waals surface area (Å²) < 4.78 is 0. The molecule has 3 heteroatoms. The van der Waals surface area contributed by atoms with Crippen LogP contribution in [0.2, 0.25) is 0 Å². The molecule has 3 nitrogen and oxygen atoms in total. The third-order valence-electron chi connectivity index (χ3n) is 4.67. The lowest BCUT2D eigenvalue weighted by Gasteiger charge is -2.29. The standard InChI is InChI=1S/C20H24N2O/c1-3-20(23)22(2)19-11-7-5-9-16(19)14-18-17-10-6-4-8-15(17)12-13-21-18/h4-11,18,21H,3,12-14H2,1-2H3. The minimum Gasteiger partial charge on any atom is -0.315 e. The predicted octanol–water partition coefficient (Wildman–Crippen LogP) is 3.49. The second-order valence-electron chi connectivity index (χ2n) is 6.09. The molecule has 1 amide bonds. The Morgan fingerprint density at radius 1 is 1.17 bits per heavy atom. The number of hydrogen-bond donors (Lipinski definition) is 1. The molecule has 0 spiro atoms. The van der Waals surface area contributed by atoms with Gasteiger partial charge in [0.25, 0.3) is 0 Å². The van der Waals surface area contributed by atoms with Gasteiger partial charge in [-0.2, -0.15) is 0 Å². The SMILES string of the molecule is CCC(=O)N(C)c1ccccc1CC1NCCc2ccccc21. The van der Waals surface area contributed by atoms with Gasteiger partial charge >= 0.3 is 0 Å². The number of nitrogens with one attached hydrogen (secondary N) is 1. The maximum atomic E-state index is 12.1. The van der Waals surface area contributed by atoms with E-state index in [0.29, 0.717) is 12.5 Å². The quantitative estimate of drug-likeness (QED) is 0.938. The summed E-state index contributed by atoms with van der Waals surface area (Å²) in [7, 11) is 1.87. The molecule has 0 saturated carbocycles. The van der Waals surface area contributed by atoms with Crippen molar-refractivity contribution in [1.82, 2.24) is 5.32 Å². The highest BCUT2D eigenvalue weighted by atomic mass is 16.2. The normalized spacial score (nSPS) is 16.7. The fourth-order valence-electron chi connectivity index (χ4n) is 3.38. The zero-order chi connectivity index (χ0) is 16.2. The van der Waals surface area contributed by atoms with E-state index >= 15 is 0 Å². The Hall–Kier alpha value is -2.13. The Kier molecular flexibility index (Phi) is 4.77. The number of hydrogen-bond acceptors (Lipinski definition) is 2. The van der Waals surface area contributed by atoms with E-state index in [1.54, 1.807) is 4.90 Å². The molecule has 3 rings (SSSR count). The average Bonchev–Trinajstić information content (AvgIpc) is 2.61. The molecule has 0 saturated heterocycles. The maximum absolute atomic E-state index is 12.1. The van der Waals surface area contributed by atoms with Gasteiger partial charge in [-0.3, -0.25) is 4.79 Å². The summed E-state index contributed by atoms with van der Waals surface area (Å²) in [6, 6.07) is 17.2. The number of rotatable bonds is 4.